The third-order valence-corrected chi connectivity index (χ3v) is 4.72. The number of fused-ring (bicyclic) bond motifs is 1. The summed E-state index contributed by atoms with van der Waals surface area (Å²) in [4.78, 5) is 27.4. The molecule has 5 heteroatoms. The number of hydrogen-bond donors (Lipinski definition) is 1. The number of carboxylic acid groups (broad SMARTS) is 1. The first-order valence-corrected chi connectivity index (χ1v) is 7.40. The second-order valence-corrected chi connectivity index (χ2v) is 6.19. The predicted octanol–water partition coefficient (Wildman–Crippen LogP) is 2.46. The lowest BCUT2D eigenvalue weighted by atomic mass is 10.0. The van der Waals surface area contributed by atoms with Gasteiger partial charge in [-0.15, -0.1) is 0 Å². The van der Waals surface area contributed by atoms with Gasteiger partial charge in [0, 0.05) is 25.3 Å². The van der Waals surface area contributed by atoms with Gasteiger partial charge in [0.05, 0.1) is 5.56 Å². The van der Waals surface area contributed by atoms with E-state index in [1.807, 2.05) is 11.0 Å². The SMILES string of the molecule is CC1CN(C(=O)N2CCc3ccc(C(=O)O)cc32)CC1C. The first kappa shape index (κ1) is 13.9. The lowest BCUT2D eigenvalue weighted by Crippen LogP contribution is -2.41. The second kappa shape index (κ2) is 5.06. The number of urea groups is 1. The highest BCUT2D eigenvalue weighted by molar-refractivity contribution is 5.97. The van der Waals surface area contributed by atoms with Gasteiger partial charge in [-0.1, -0.05) is 19.9 Å². The van der Waals surface area contributed by atoms with Crippen LogP contribution in [-0.4, -0.2) is 41.6 Å². The highest BCUT2D eigenvalue weighted by atomic mass is 16.4. The standard InChI is InChI=1S/C16H20N2O3/c1-10-8-17(9-11(10)2)16(21)18-6-5-12-3-4-13(15(19)20)7-14(12)18/h3-4,7,10-11H,5-6,8-9H2,1-2H3,(H,19,20). The lowest BCUT2D eigenvalue weighted by Gasteiger charge is -2.25. The van der Waals surface area contributed by atoms with Crippen LogP contribution < -0.4 is 4.90 Å². The number of aromatic carboxylic acids is 1. The Hall–Kier alpha value is -2.04. The van der Waals surface area contributed by atoms with Crippen LogP contribution in [0.25, 0.3) is 0 Å². The van der Waals surface area contributed by atoms with Gasteiger partial charge in [0.2, 0.25) is 0 Å². The summed E-state index contributed by atoms with van der Waals surface area (Å²) in [6.07, 6.45) is 0.792. The Morgan fingerprint density at radius 3 is 2.48 bits per heavy atom. The van der Waals surface area contributed by atoms with E-state index in [-0.39, 0.29) is 11.6 Å². The molecule has 1 aromatic carbocycles. The lowest BCUT2D eigenvalue weighted by molar-refractivity contribution is 0.0697. The molecule has 0 spiro atoms. The molecule has 21 heavy (non-hydrogen) atoms. The number of carbonyl (C=O) groups excluding carboxylic acids is 1. The highest BCUT2D eigenvalue weighted by Crippen LogP contribution is 2.32. The van der Waals surface area contributed by atoms with E-state index in [1.165, 1.54) is 0 Å². The van der Waals surface area contributed by atoms with E-state index in [4.69, 9.17) is 5.11 Å². The van der Waals surface area contributed by atoms with Crippen LogP contribution in [0.1, 0.15) is 29.8 Å². The van der Waals surface area contributed by atoms with Crippen molar-refractivity contribution in [3.63, 3.8) is 0 Å². The van der Waals surface area contributed by atoms with Gasteiger partial charge in [0.25, 0.3) is 0 Å². The number of carboxylic acids is 1. The first-order valence-electron chi connectivity index (χ1n) is 7.40. The van der Waals surface area contributed by atoms with Crippen LogP contribution in [0.3, 0.4) is 0 Å². The zero-order chi connectivity index (χ0) is 15.1. The molecule has 5 nitrogen and oxygen atoms in total. The molecule has 112 valence electrons. The van der Waals surface area contributed by atoms with E-state index in [2.05, 4.69) is 13.8 Å². The van der Waals surface area contributed by atoms with Crippen LogP contribution in [0.2, 0.25) is 0 Å². The average Bonchev–Trinajstić information content (AvgIpc) is 3.01. The minimum Gasteiger partial charge on any atom is -0.478 e. The molecule has 1 fully saturated rings. The van der Waals surface area contributed by atoms with Gasteiger partial charge < -0.3 is 10.0 Å². The second-order valence-electron chi connectivity index (χ2n) is 6.19. The molecule has 2 atom stereocenters. The Bertz CT molecular complexity index is 589. The number of amides is 2. The fourth-order valence-corrected chi connectivity index (χ4v) is 3.17. The van der Waals surface area contributed by atoms with Crippen molar-refractivity contribution in [2.75, 3.05) is 24.5 Å². The molecule has 0 radical (unpaired) electrons. The number of rotatable bonds is 1. The number of carbonyl (C=O) groups is 2. The zero-order valence-electron chi connectivity index (χ0n) is 12.4. The van der Waals surface area contributed by atoms with Crippen molar-refractivity contribution >= 4 is 17.7 Å². The van der Waals surface area contributed by atoms with E-state index >= 15 is 0 Å². The molecule has 2 heterocycles. The molecule has 1 aromatic rings. The van der Waals surface area contributed by atoms with Gasteiger partial charge in [-0.25, -0.2) is 9.59 Å². The van der Waals surface area contributed by atoms with Crippen LogP contribution in [0.5, 0.6) is 0 Å². The number of likely N-dealkylation sites (tertiary alicyclic amines) is 1. The topological polar surface area (TPSA) is 60.9 Å². The fourth-order valence-electron chi connectivity index (χ4n) is 3.17. The molecule has 0 bridgehead atoms. The van der Waals surface area contributed by atoms with Crippen molar-refractivity contribution in [2.24, 2.45) is 11.8 Å². The first-order chi connectivity index (χ1) is 9.97. The molecule has 2 aliphatic rings. The molecule has 3 rings (SSSR count). The number of nitrogens with zero attached hydrogens (tertiary/aromatic N) is 2. The summed E-state index contributed by atoms with van der Waals surface area (Å²) in [7, 11) is 0. The third-order valence-electron chi connectivity index (χ3n) is 4.72. The van der Waals surface area contributed by atoms with Gasteiger partial charge in [-0.05, 0) is 36.0 Å². The number of benzene rings is 1. The summed E-state index contributed by atoms with van der Waals surface area (Å²) in [5, 5.41) is 9.11. The smallest absolute Gasteiger partial charge is 0.335 e. The van der Waals surface area contributed by atoms with Crippen molar-refractivity contribution in [3.05, 3.63) is 29.3 Å². The van der Waals surface area contributed by atoms with E-state index in [9.17, 15) is 9.59 Å². The molecular formula is C16H20N2O3. The largest absolute Gasteiger partial charge is 0.478 e. The van der Waals surface area contributed by atoms with Crippen molar-refractivity contribution in [2.45, 2.75) is 20.3 Å². The van der Waals surface area contributed by atoms with Crippen LogP contribution in [0.4, 0.5) is 10.5 Å². The Balaban J connectivity index is 1.85. The Labute approximate surface area is 124 Å². The minimum atomic E-state index is -0.958. The maximum Gasteiger partial charge on any atom is 0.335 e. The maximum atomic E-state index is 12.7. The molecule has 2 unspecified atom stereocenters. The summed E-state index contributed by atoms with van der Waals surface area (Å²) in [6, 6.07) is 5.05. The van der Waals surface area contributed by atoms with E-state index in [0.717, 1.165) is 30.8 Å². The summed E-state index contributed by atoms with van der Waals surface area (Å²) < 4.78 is 0. The summed E-state index contributed by atoms with van der Waals surface area (Å²) in [6.45, 7) is 6.53. The van der Waals surface area contributed by atoms with Gasteiger partial charge in [-0.2, -0.15) is 0 Å². The predicted molar refractivity (Wildman–Crippen MR) is 79.7 cm³/mol. The Kier molecular flexibility index (Phi) is 3.35. The average molecular weight is 288 g/mol. The molecule has 0 aliphatic carbocycles. The van der Waals surface area contributed by atoms with Crippen LogP contribution in [0.15, 0.2) is 18.2 Å². The summed E-state index contributed by atoms with van der Waals surface area (Å²) in [5.41, 5.74) is 2.04. The molecule has 1 N–H and O–H groups in total. The Morgan fingerprint density at radius 2 is 1.86 bits per heavy atom. The van der Waals surface area contributed by atoms with Crippen LogP contribution in [-0.2, 0) is 6.42 Å². The molecule has 2 aliphatic heterocycles. The molecule has 0 saturated carbocycles. The van der Waals surface area contributed by atoms with Crippen LogP contribution in [0, 0.1) is 11.8 Å². The minimum absolute atomic E-state index is 0.00693. The highest BCUT2D eigenvalue weighted by Gasteiger charge is 2.34. The van der Waals surface area contributed by atoms with E-state index in [1.54, 1.807) is 17.0 Å². The monoisotopic (exact) mass is 288 g/mol. The normalized spacial score (nSPS) is 24.3. The van der Waals surface area contributed by atoms with Crippen molar-refractivity contribution in [1.82, 2.24) is 4.90 Å². The molecule has 0 aromatic heterocycles. The van der Waals surface area contributed by atoms with Gasteiger partial charge in [0.1, 0.15) is 0 Å². The Morgan fingerprint density at radius 1 is 1.19 bits per heavy atom. The maximum absolute atomic E-state index is 12.7. The zero-order valence-corrected chi connectivity index (χ0v) is 12.4. The quantitative estimate of drug-likeness (QED) is 0.863. The molecule has 2 amide bonds. The summed E-state index contributed by atoms with van der Waals surface area (Å²) in [5.74, 6) is 0.0725. The fraction of sp³-hybridized carbons (Fsp3) is 0.500. The van der Waals surface area contributed by atoms with Crippen molar-refractivity contribution in [3.8, 4) is 0 Å². The van der Waals surface area contributed by atoms with Gasteiger partial charge in [0.15, 0.2) is 0 Å². The van der Waals surface area contributed by atoms with E-state index in [0.29, 0.717) is 18.4 Å². The van der Waals surface area contributed by atoms with Crippen molar-refractivity contribution in [1.29, 1.82) is 0 Å². The molecule has 1 saturated heterocycles. The van der Waals surface area contributed by atoms with Crippen LogP contribution >= 0.6 is 0 Å². The third kappa shape index (κ3) is 2.37. The number of anilines is 1. The van der Waals surface area contributed by atoms with Crippen molar-refractivity contribution < 1.29 is 14.7 Å². The van der Waals surface area contributed by atoms with E-state index < -0.39 is 5.97 Å². The molecular weight excluding hydrogens is 268 g/mol. The number of hydrogen-bond acceptors (Lipinski definition) is 2. The van der Waals surface area contributed by atoms with Gasteiger partial charge in [-0.3, -0.25) is 4.90 Å². The van der Waals surface area contributed by atoms with Gasteiger partial charge >= 0.3 is 12.0 Å². The summed E-state index contributed by atoms with van der Waals surface area (Å²) >= 11 is 0.